The van der Waals surface area contributed by atoms with Gasteiger partial charge in [0.1, 0.15) is 6.20 Å². The average Bonchev–Trinajstić information content (AvgIpc) is 2.77. The topological polar surface area (TPSA) is 97.2 Å². The molecule has 9 heteroatoms. The van der Waals surface area contributed by atoms with E-state index in [1.54, 1.807) is 24.3 Å². The molecule has 0 aliphatic heterocycles. The maximum Gasteiger partial charge on any atom is 0.345 e. The highest BCUT2D eigenvalue weighted by Crippen LogP contribution is 2.25. The minimum absolute atomic E-state index is 0.141. The molecule has 2 N–H and O–H groups in total. The molecule has 0 atom stereocenters. The van der Waals surface area contributed by atoms with E-state index >= 15 is 0 Å². The lowest BCUT2D eigenvalue weighted by atomic mass is 10.3. The molecular weight excluding hydrogens is 292 g/mol. The SMILES string of the molecule is O=C(Nc1cccc(Cl)c1)Nc1ncc([N+](=O)[O-])s1. The third-order valence-corrected chi connectivity index (χ3v) is 3.08. The van der Waals surface area contributed by atoms with Crippen molar-refractivity contribution < 1.29 is 9.72 Å². The standard InChI is InChI=1S/C10H7ClN4O3S/c11-6-2-1-3-7(4-6)13-9(16)14-10-12-5-8(19-10)15(17)18/h1-5H,(H2,12,13,14,16). The molecule has 2 rings (SSSR count). The van der Waals surface area contributed by atoms with Gasteiger partial charge < -0.3 is 5.32 Å². The molecule has 2 amide bonds. The van der Waals surface area contributed by atoms with E-state index in [1.807, 2.05) is 0 Å². The van der Waals surface area contributed by atoms with Crippen molar-refractivity contribution in [3.05, 3.63) is 45.6 Å². The Kier molecular flexibility index (Phi) is 3.93. The summed E-state index contributed by atoms with van der Waals surface area (Å²) in [7, 11) is 0. The first-order chi connectivity index (χ1) is 9.04. The van der Waals surface area contributed by atoms with E-state index in [-0.39, 0.29) is 10.1 Å². The van der Waals surface area contributed by atoms with E-state index in [4.69, 9.17) is 11.6 Å². The molecule has 0 saturated heterocycles. The van der Waals surface area contributed by atoms with E-state index in [0.29, 0.717) is 10.7 Å². The van der Waals surface area contributed by atoms with Crippen LogP contribution in [0.15, 0.2) is 30.5 Å². The molecule has 0 aliphatic carbocycles. The number of urea groups is 1. The van der Waals surface area contributed by atoms with Crippen molar-refractivity contribution in [1.29, 1.82) is 0 Å². The molecule has 19 heavy (non-hydrogen) atoms. The lowest BCUT2D eigenvalue weighted by molar-refractivity contribution is -0.380. The Labute approximate surface area is 116 Å². The largest absolute Gasteiger partial charge is 0.345 e. The van der Waals surface area contributed by atoms with Crippen LogP contribution in [0.4, 0.5) is 20.6 Å². The molecule has 0 saturated carbocycles. The van der Waals surface area contributed by atoms with Crippen molar-refractivity contribution in [3.8, 4) is 0 Å². The number of nitrogens with one attached hydrogen (secondary N) is 2. The van der Waals surface area contributed by atoms with Crippen molar-refractivity contribution in [3.63, 3.8) is 0 Å². The molecule has 0 fully saturated rings. The average molecular weight is 299 g/mol. The second-order valence-corrected chi connectivity index (χ2v) is 4.80. The zero-order chi connectivity index (χ0) is 13.8. The van der Waals surface area contributed by atoms with E-state index in [2.05, 4.69) is 15.6 Å². The fourth-order valence-corrected chi connectivity index (χ4v) is 2.05. The summed E-state index contributed by atoms with van der Waals surface area (Å²) >= 11 is 6.54. The van der Waals surface area contributed by atoms with Crippen LogP contribution in [0.25, 0.3) is 0 Å². The van der Waals surface area contributed by atoms with Crippen LogP contribution in [0, 0.1) is 10.1 Å². The number of aromatic nitrogens is 1. The van der Waals surface area contributed by atoms with Gasteiger partial charge in [-0.15, -0.1) is 0 Å². The monoisotopic (exact) mass is 298 g/mol. The molecule has 0 aliphatic rings. The summed E-state index contributed by atoms with van der Waals surface area (Å²) in [6.45, 7) is 0. The summed E-state index contributed by atoms with van der Waals surface area (Å²) in [4.78, 5) is 25.2. The van der Waals surface area contributed by atoms with Gasteiger partial charge in [-0.3, -0.25) is 15.4 Å². The Balaban J connectivity index is 1.99. The summed E-state index contributed by atoms with van der Waals surface area (Å²) in [5, 5.41) is 15.9. The van der Waals surface area contributed by atoms with E-state index < -0.39 is 11.0 Å². The molecule has 0 bridgehead atoms. The Bertz CT molecular complexity index is 631. The number of nitro groups is 1. The Hall–Kier alpha value is -2.19. The van der Waals surface area contributed by atoms with Gasteiger partial charge in [0, 0.05) is 10.7 Å². The maximum absolute atomic E-state index is 11.6. The fourth-order valence-electron chi connectivity index (χ4n) is 1.23. The Morgan fingerprint density at radius 1 is 1.42 bits per heavy atom. The molecule has 7 nitrogen and oxygen atoms in total. The summed E-state index contributed by atoms with van der Waals surface area (Å²) in [6.07, 6.45) is 1.08. The zero-order valence-electron chi connectivity index (χ0n) is 9.29. The van der Waals surface area contributed by atoms with Crippen molar-refractivity contribution >= 4 is 44.8 Å². The lowest BCUT2D eigenvalue weighted by Crippen LogP contribution is -2.19. The number of rotatable bonds is 3. The van der Waals surface area contributed by atoms with Gasteiger partial charge in [-0.05, 0) is 29.5 Å². The molecule has 2 aromatic rings. The maximum atomic E-state index is 11.6. The first kappa shape index (κ1) is 13.2. The summed E-state index contributed by atoms with van der Waals surface area (Å²) in [5.74, 6) is 0. The minimum Gasteiger partial charge on any atom is -0.308 e. The van der Waals surface area contributed by atoms with Crippen molar-refractivity contribution in [2.75, 3.05) is 10.6 Å². The third-order valence-electron chi connectivity index (χ3n) is 1.98. The molecule has 0 radical (unpaired) electrons. The molecule has 1 aromatic heterocycles. The van der Waals surface area contributed by atoms with Crippen LogP contribution < -0.4 is 10.6 Å². The van der Waals surface area contributed by atoms with Gasteiger partial charge in [-0.1, -0.05) is 17.7 Å². The number of hydrogen-bond donors (Lipinski definition) is 2. The van der Waals surface area contributed by atoms with Gasteiger partial charge in [-0.25, -0.2) is 9.78 Å². The molecule has 1 heterocycles. The summed E-state index contributed by atoms with van der Waals surface area (Å²) in [6, 6.07) is 6.05. The number of anilines is 2. The number of halogens is 1. The van der Waals surface area contributed by atoms with Gasteiger partial charge in [0.25, 0.3) is 0 Å². The lowest BCUT2D eigenvalue weighted by Gasteiger charge is -2.04. The highest BCUT2D eigenvalue weighted by Gasteiger charge is 2.13. The van der Waals surface area contributed by atoms with E-state index in [1.165, 1.54) is 0 Å². The van der Waals surface area contributed by atoms with Crippen LogP contribution in [0.1, 0.15) is 0 Å². The summed E-state index contributed by atoms with van der Waals surface area (Å²) in [5.41, 5.74) is 0.510. The van der Waals surface area contributed by atoms with Crippen LogP contribution in [0.5, 0.6) is 0 Å². The van der Waals surface area contributed by atoms with Gasteiger partial charge in [0.05, 0.1) is 4.92 Å². The third kappa shape index (κ3) is 3.63. The Morgan fingerprint density at radius 3 is 2.84 bits per heavy atom. The van der Waals surface area contributed by atoms with E-state index in [9.17, 15) is 14.9 Å². The van der Waals surface area contributed by atoms with Crippen molar-refractivity contribution in [1.82, 2.24) is 4.98 Å². The highest BCUT2D eigenvalue weighted by molar-refractivity contribution is 7.18. The van der Waals surface area contributed by atoms with Crippen molar-refractivity contribution in [2.45, 2.75) is 0 Å². The van der Waals surface area contributed by atoms with Crippen molar-refractivity contribution in [2.24, 2.45) is 0 Å². The predicted octanol–water partition coefficient (Wildman–Crippen LogP) is 3.35. The number of benzene rings is 1. The van der Waals surface area contributed by atoms with Crippen LogP contribution in [-0.2, 0) is 0 Å². The fraction of sp³-hybridized carbons (Fsp3) is 0. The number of thiazole rings is 1. The first-order valence-corrected chi connectivity index (χ1v) is 6.18. The highest BCUT2D eigenvalue weighted by atomic mass is 35.5. The number of amides is 2. The molecule has 1 aromatic carbocycles. The van der Waals surface area contributed by atoms with Crippen LogP contribution in [-0.4, -0.2) is 15.9 Å². The first-order valence-electron chi connectivity index (χ1n) is 4.98. The van der Waals surface area contributed by atoms with Gasteiger partial charge >= 0.3 is 11.0 Å². The molecular formula is C10H7ClN4O3S. The predicted molar refractivity (Wildman–Crippen MR) is 72.9 cm³/mol. The normalized spacial score (nSPS) is 9.95. The number of hydrogen-bond acceptors (Lipinski definition) is 5. The molecule has 98 valence electrons. The smallest absolute Gasteiger partial charge is 0.308 e. The van der Waals surface area contributed by atoms with E-state index in [0.717, 1.165) is 17.5 Å². The zero-order valence-corrected chi connectivity index (χ0v) is 10.9. The number of carbonyl (C=O) groups excluding carboxylic acids is 1. The van der Waals surface area contributed by atoms with Gasteiger partial charge in [0.2, 0.25) is 0 Å². The van der Waals surface area contributed by atoms with Crippen LogP contribution in [0.2, 0.25) is 5.02 Å². The second kappa shape index (κ2) is 5.63. The summed E-state index contributed by atoms with van der Waals surface area (Å²) < 4.78 is 0. The quantitative estimate of drug-likeness (QED) is 0.670. The second-order valence-electron chi connectivity index (χ2n) is 3.35. The van der Waals surface area contributed by atoms with Crippen LogP contribution in [0.3, 0.4) is 0 Å². The number of carbonyl (C=O) groups is 1. The molecule has 0 unspecified atom stereocenters. The Morgan fingerprint density at radius 2 is 2.21 bits per heavy atom. The van der Waals surface area contributed by atoms with Crippen LogP contribution >= 0.6 is 22.9 Å². The van der Waals surface area contributed by atoms with Gasteiger partial charge in [0.15, 0.2) is 5.13 Å². The van der Waals surface area contributed by atoms with Gasteiger partial charge in [-0.2, -0.15) is 0 Å². The minimum atomic E-state index is -0.572. The molecule has 0 spiro atoms. The number of nitrogens with zero attached hydrogens (tertiary/aromatic N) is 2.